The monoisotopic (exact) mass is 254 g/mol. The van der Waals surface area contributed by atoms with Crippen LogP contribution in [-0.2, 0) is 9.53 Å². The van der Waals surface area contributed by atoms with Gasteiger partial charge in [0.05, 0.1) is 6.10 Å². The summed E-state index contributed by atoms with van der Waals surface area (Å²) in [4.78, 5) is 15.8. The fourth-order valence-electron chi connectivity index (χ4n) is 3.06. The molecular formula is C13H22N2O3. The van der Waals surface area contributed by atoms with Gasteiger partial charge in [0.2, 0.25) is 0 Å². The molecule has 3 aliphatic rings. The number of nitrogens with zero attached hydrogens (tertiary/aromatic N) is 2. The van der Waals surface area contributed by atoms with E-state index < -0.39 is 12.1 Å². The van der Waals surface area contributed by atoms with E-state index in [1.54, 1.807) is 0 Å². The van der Waals surface area contributed by atoms with Crippen molar-refractivity contribution in [2.45, 2.75) is 43.9 Å². The first-order valence-electron chi connectivity index (χ1n) is 7.07. The molecule has 2 atom stereocenters. The van der Waals surface area contributed by atoms with Gasteiger partial charge in [-0.05, 0) is 25.7 Å². The van der Waals surface area contributed by atoms with Crippen LogP contribution in [0.3, 0.4) is 0 Å². The highest BCUT2D eigenvalue weighted by Gasteiger charge is 2.34. The molecule has 0 spiro atoms. The molecule has 2 aliphatic heterocycles. The maximum Gasteiger partial charge on any atom is 0.332 e. The standard InChI is InChI=1S/C13H22N2O3/c16-13(17)12-4-3-11(18-12)9-14-5-7-15(8-6-14)10-1-2-10/h10-12H,1-9H2,(H,16,17). The Labute approximate surface area is 108 Å². The second-order valence-electron chi connectivity index (χ2n) is 5.73. The fraction of sp³-hybridized carbons (Fsp3) is 0.923. The number of hydrogen-bond donors (Lipinski definition) is 1. The summed E-state index contributed by atoms with van der Waals surface area (Å²) in [6.45, 7) is 5.45. The van der Waals surface area contributed by atoms with E-state index in [-0.39, 0.29) is 6.10 Å². The van der Waals surface area contributed by atoms with Crippen LogP contribution >= 0.6 is 0 Å². The molecule has 0 aromatic carbocycles. The lowest BCUT2D eigenvalue weighted by Crippen LogP contribution is -2.49. The molecule has 2 saturated heterocycles. The summed E-state index contributed by atoms with van der Waals surface area (Å²) in [5.41, 5.74) is 0. The minimum atomic E-state index is -0.809. The van der Waals surface area contributed by atoms with Crippen molar-refractivity contribution >= 4 is 5.97 Å². The highest BCUT2D eigenvalue weighted by Crippen LogP contribution is 2.28. The van der Waals surface area contributed by atoms with Crippen LogP contribution in [0.2, 0.25) is 0 Å². The number of piperazine rings is 1. The van der Waals surface area contributed by atoms with Gasteiger partial charge >= 0.3 is 5.97 Å². The van der Waals surface area contributed by atoms with E-state index in [2.05, 4.69) is 9.80 Å². The lowest BCUT2D eigenvalue weighted by molar-refractivity contribution is -0.149. The van der Waals surface area contributed by atoms with Gasteiger partial charge in [-0.1, -0.05) is 0 Å². The van der Waals surface area contributed by atoms with Gasteiger partial charge in [0.15, 0.2) is 6.10 Å². The zero-order chi connectivity index (χ0) is 12.5. The molecule has 18 heavy (non-hydrogen) atoms. The van der Waals surface area contributed by atoms with Gasteiger partial charge in [-0.25, -0.2) is 4.79 Å². The molecule has 0 aromatic heterocycles. The molecule has 2 unspecified atom stereocenters. The molecule has 5 heteroatoms. The van der Waals surface area contributed by atoms with Crippen LogP contribution in [-0.4, -0.2) is 71.8 Å². The second-order valence-corrected chi connectivity index (χ2v) is 5.73. The Morgan fingerprint density at radius 1 is 1.11 bits per heavy atom. The molecule has 5 nitrogen and oxygen atoms in total. The average Bonchev–Trinajstić information content (AvgIpc) is 3.10. The van der Waals surface area contributed by atoms with Gasteiger partial charge in [-0.3, -0.25) is 9.80 Å². The van der Waals surface area contributed by atoms with E-state index in [9.17, 15) is 4.79 Å². The molecular weight excluding hydrogens is 232 g/mol. The third-order valence-corrected chi connectivity index (χ3v) is 4.31. The van der Waals surface area contributed by atoms with Gasteiger partial charge < -0.3 is 9.84 Å². The van der Waals surface area contributed by atoms with E-state index in [0.717, 1.165) is 32.1 Å². The van der Waals surface area contributed by atoms with E-state index in [1.165, 1.54) is 25.9 Å². The van der Waals surface area contributed by atoms with E-state index in [4.69, 9.17) is 9.84 Å². The molecule has 2 heterocycles. The second kappa shape index (κ2) is 5.15. The quantitative estimate of drug-likeness (QED) is 0.787. The van der Waals surface area contributed by atoms with Crippen molar-refractivity contribution in [2.75, 3.05) is 32.7 Å². The lowest BCUT2D eigenvalue weighted by atomic mass is 10.2. The highest BCUT2D eigenvalue weighted by molar-refractivity contribution is 5.72. The van der Waals surface area contributed by atoms with Crippen molar-refractivity contribution in [1.82, 2.24) is 9.80 Å². The molecule has 0 aromatic rings. The van der Waals surface area contributed by atoms with Crippen LogP contribution in [0.25, 0.3) is 0 Å². The number of carboxylic acids is 1. The number of carbonyl (C=O) groups is 1. The molecule has 0 radical (unpaired) electrons. The van der Waals surface area contributed by atoms with E-state index in [1.807, 2.05) is 0 Å². The van der Waals surface area contributed by atoms with Gasteiger partial charge in [-0.2, -0.15) is 0 Å². The molecule has 1 aliphatic carbocycles. The van der Waals surface area contributed by atoms with Gasteiger partial charge in [0.25, 0.3) is 0 Å². The fourth-order valence-corrected chi connectivity index (χ4v) is 3.06. The summed E-state index contributed by atoms with van der Waals surface area (Å²) < 4.78 is 5.56. The summed E-state index contributed by atoms with van der Waals surface area (Å²) >= 11 is 0. The van der Waals surface area contributed by atoms with E-state index in [0.29, 0.717) is 6.42 Å². The van der Waals surface area contributed by atoms with Gasteiger partial charge in [0.1, 0.15) is 0 Å². The zero-order valence-corrected chi connectivity index (χ0v) is 10.8. The average molecular weight is 254 g/mol. The van der Waals surface area contributed by atoms with Crippen LogP contribution in [0.15, 0.2) is 0 Å². The molecule has 0 bridgehead atoms. The van der Waals surface area contributed by atoms with Gasteiger partial charge in [-0.15, -0.1) is 0 Å². The molecule has 3 fully saturated rings. The number of ether oxygens (including phenoxy) is 1. The van der Waals surface area contributed by atoms with Crippen LogP contribution in [0.5, 0.6) is 0 Å². The SMILES string of the molecule is O=C(O)C1CCC(CN2CCN(C3CC3)CC2)O1. The predicted octanol–water partition coefficient (Wildman–Crippen LogP) is 0.399. The molecule has 0 amide bonds. The van der Waals surface area contributed by atoms with Crippen molar-refractivity contribution in [3.63, 3.8) is 0 Å². The van der Waals surface area contributed by atoms with Crippen molar-refractivity contribution in [3.05, 3.63) is 0 Å². The minimum Gasteiger partial charge on any atom is -0.479 e. The summed E-state index contributed by atoms with van der Waals surface area (Å²) in [6.07, 6.45) is 3.88. The smallest absolute Gasteiger partial charge is 0.332 e. The zero-order valence-electron chi connectivity index (χ0n) is 10.8. The Morgan fingerprint density at radius 3 is 2.39 bits per heavy atom. The summed E-state index contributed by atoms with van der Waals surface area (Å²) in [6, 6.07) is 0.867. The normalized spacial score (nSPS) is 34.9. The Morgan fingerprint density at radius 2 is 1.83 bits per heavy atom. The first-order chi connectivity index (χ1) is 8.72. The first-order valence-corrected chi connectivity index (χ1v) is 7.07. The van der Waals surface area contributed by atoms with Crippen molar-refractivity contribution in [1.29, 1.82) is 0 Å². The van der Waals surface area contributed by atoms with Crippen molar-refractivity contribution in [3.8, 4) is 0 Å². The predicted molar refractivity (Wildman–Crippen MR) is 66.6 cm³/mol. The Kier molecular flexibility index (Phi) is 3.54. The Hall–Kier alpha value is -0.650. The van der Waals surface area contributed by atoms with Crippen LogP contribution in [0, 0.1) is 0 Å². The maximum atomic E-state index is 10.8. The Bertz CT molecular complexity index is 311. The lowest BCUT2D eigenvalue weighted by Gasteiger charge is -2.35. The van der Waals surface area contributed by atoms with Gasteiger partial charge in [0, 0.05) is 38.8 Å². The molecule has 1 N–H and O–H groups in total. The third-order valence-electron chi connectivity index (χ3n) is 4.31. The Balaban J connectivity index is 1.40. The molecule has 1 saturated carbocycles. The largest absolute Gasteiger partial charge is 0.479 e. The van der Waals surface area contributed by atoms with Crippen LogP contribution in [0.1, 0.15) is 25.7 Å². The number of carboxylic acid groups (broad SMARTS) is 1. The summed E-state index contributed by atoms with van der Waals surface area (Å²) in [5.74, 6) is -0.809. The first kappa shape index (κ1) is 12.4. The topological polar surface area (TPSA) is 53.0 Å². The number of hydrogen-bond acceptors (Lipinski definition) is 4. The highest BCUT2D eigenvalue weighted by atomic mass is 16.5. The molecule has 3 rings (SSSR count). The van der Waals surface area contributed by atoms with Crippen molar-refractivity contribution < 1.29 is 14.6 Å². The number of aliphatic carboxylic acids is 1. The van der Waals surface area contributed by atoms with Crippen LogP contribution < -0.4 is 0 Å². The van der Waals surface area contributed by atoms with Crippen molar-refractivity contribution in [2.24, 2.45) is 0 Å². The number of rotatable bonds is 4. The maximum absolute atomic E-state index is 10.8. The summed E-state index contributed by atoms with van der Waals surface area (Å²) in [7, 11) is 0. The summed E-state index contributed by atoms with van der Waals surface area (Å²) in [5, 5.41) is 8.89. The molecule has 102 valence electrons. The minimum absolute atomic E-state index is 0.124. The third kappa shape index (κ3) is 2.84. The van der Waals surface area contributed by atoms with Crippen LogP contribution in [0.4, 0.5) is 0 Å². The van der Waals surface area contributed by atoms with E-state index >= 15 is 0 Å².